The number of phosphoric ester groups is 1. The number of phosphoric acid groups is 1. The Morgan fingerprint density at radius 1 is 0.437 bits per heavy atom. The molecule has 2 aliphatic heterocycles. The van der Waals surface area contributed by atoms with Crippen LogP contribution in [0.3, 0.4) is 0 Å². The minimum Gasteiger partial charge on any atom is -0.462 e. The molecule has 2 heterocycles. The molecule has 2 amide bonds. The van der Waals surface area contributed by atoms with Crippen LogP contribution in [0.25, 0.3) is 0 Å². The van der Waals surface area contributed by atoms with Crippen molar-refractivity contribution in [2.45, 2.75) is 475 Å². The third-order valence-corrected chi connectivity index (χ3v) is 21.3. The van der Waals surface area contributed by atoms with E-state index in [1.165, 1.54) is 116 Å². The van der Waals surface area contributed by atoms with Crippen molar-refractivity contribution in [3.63, 3.8) is 0 Å². The standard InChI is InChI=1S/C83H155N2O17P/c1-7-13-19-25-31-34-40-43-49-57-70(97-76(89)60-52-46-37-28-22-16-10-4)64-74(87)84-80-82(101-79(92)66-72(59-51-45-42-36-33-27-21-15-9-3)99-78(91)62-54-48-39-30-24-18-12-6)81(102-103(93,94)95)73(67-86)100-83(80)96-68-69-56-55-63-85(69)75(88)65-71(58-50-44-41-35-32-26-20-14-8-2)98-77(90)61-53-47-38-29-23-17-11-5/h69-73,80-83,86H,7-68H2,1-6H3,(H,84,87)(H2,93,94,95). The maximum atomic E-state index is 14.9. The highest BCUT2D eigenvalue weighted by molar-refractivity contribution is 7.46. The lowest BCUT2D eigenvalue weighted by Gasteiger charge is -2.45. The number of likely N-dealkylation sites (tertiary alicyclic amines) is 1. The molecule has 0 spiro atoms. The van der Waals surface area contributed by atoms with Crippen LogP contribution in [-0.4, -0.2) is 130 Å². The summed E-state index contributed by atoms with van der Waals surface area (Å²) in [5, 5.41) is 14.0. The van der Waals surface area contributed by atoms with Gasteiger partial charge in [-0.05, 0) is 70.6 Å². The van der Waals surface area contributed by atoms with E-state index < -0.39 is 99.7 Å². The topological polar surface area (TPSA) is 260 Å². The summed E-state index contributed by atoms with van der Waals surface area (Å²) in [4.78, 5) is 108. The lowest BCUT2D eigenvalue weighted by atomic mass is 9.95. The zero-order chi connectivity index (χ0) is 75.2. The molecular formula is C83H155N2O17P. The minimum atomic E-state index is -5.47. The zero-order valence-electron chi connectivity index (χ0n) is 66.5. The molecule has 0 radical (unpaired) electrons. The molecule has 19 nitrogen and oxygen atoms in total. The SMILES string of the molecule is CCCCCCCCCCCC(CC(=O)NC1C(OCC2CCCN2C(=O)CC(CCCCCCCCCCC)OC(=O)CCCCCCCCC)OC(CO)C(OP(=O)(O)O)C1OC(=O)CC(CCCCCCCCCCC)OC(=O)CCCCCCCCC)OC(=O)CCCCCCCCC. The number of carbonyl (C=O) groups excluding carboxylic acids is 6. The van der Waals surface area contributed by atoms with Gasteiger partial charge >= 0.3 is 31.7 Å². The lowest BCUT2D eigenvalue weighted by Crippen LogP contribution is -2.66. The van der Waals surface area contributed by atoms with E-state index in [2.05, 4.69) is 46.9 Å². The number of rotatable bonds is 71. The summed E-state index contributed by atoms with van der Waals surface area (Å²) in [6, 6.07) is -2.10. The van der Waals surface area contributed by atoms with Crippen LogP contribution in [0.1, 0.15) is 420 Å². The largest absolute Gasteiger partial charge is 0.470 e. The highest BCUT2D eigenvalue weighted by atomic mass is 31.2. The fourth-order valence-electron chi connectivity index (χ4n) is 14.5. The van der Waals surface area contributed by atoms with Crippen LogP contribution in [-0.2, 0) is 66.3 Å². The molecule has 0 aromatic heterocycles. The zero-order valence-corrected chi connectivity index (χ0v) is 67.4. The molecule has 0 bridgehead atoms. The number of amides is 2. The molecule has 103 heavy (non-hydrogen) atoms. The molecule has 2 aliphatic rings. The Morgan fingerprint density at radius 3 is 1.12 bits per heavy atom. The van der Waals surface area contributed by atoms with Crippen molar-refractivity contribution < 1.29 is 81.2 Å². The van der Waals surface area contributed by atoms with E-state index in [-0.39, 0.29) is 50.6 Å². The first kappa shape index (κ1) is 95.9. The highest BCUT2D eigenvalue weighted by Gasteiger charge is 2.53. The molecular weight excluding hydrogens is 1330 g/mol. The fourth-order valence-corrected chi connectivity index (χ4v) is 15.1. The average Bonchev–Trinajstić information content (AvgIpc) is 1.01. The molecule has 9 unspecified atom stereocenters. The van der Waals surface area contributed by atoms with E-state index in [1.807, 2.05) is 0 Å². The maximum absolute atomic E-state index is 14.9. The molecule has 20 heteroatoms. The first-order valence-electron chi connectivity index (χ1n) is 43.0. The van der Waals surface area contributed by atoms with E-state index in [0.29, 0.717) is 64.3 Å². The van der Waals surface area contributed by atoms with Gasteiger partial charge in [-0.2, -0.15) is 0 Å². The second-order valence-corrected chi connectivity index (χ2v) is 31.7. The van der Waals surface area contributed by atoms with Crippen LogP contribution in [0.2, 0.25) is 0 Å². The van der Waals surface area contributed by atoms with Crippen molar-refractivity contribution in [1.82, 2.24) is 10.2 Å². The van der Waals surface area contributed by atoms with Gasteiger partial charge in [0.15, 0.2) is 12.4 Å². The summed E-state index contributed by atoms with van der Waals surface area (Å²) >= 11 is 0. The number of carbonyl (C=O) groups is 6. The second-order valence-electron chi connectivity index (χ2n) is 30.5. The van der Waals surface area contributed by atoms with Gasteiger partial charge in [0.2, 0.25) is 11.8 Å². The van der Waals surface area contributed by atoms with Crippen molar-refractivity contribution in [2.75, 3.05) is 19.8 Å². The number of aliphatic hydroxyl groups is 1. The summed E-state index contributed by atoms with van der Waals surface area (Å²) in [7, 11) is -5.47. The Balaban J connectivity index is 2.62. The number of nitrogens with one attached hydrogen (secondary N) is 1. The number of aliphatic hydroxyl groups excluding tert-OH is 1. The first-order valence-corrected chi connectivity index (χ1v) is 44.5. The molecule has 2 rings (SSSR count). The average molecular weight is 1480 g/mol. The van der Waals surface area contributed by atoms with Crippen LogP contribution in [0, 0.1) is 0 Å². The number of unbranched alkanes of at least 4 members (excludes halogenated alkanes) is 42. The van der Waals surface area contributed by atoms with E-state index >= 15 is 0 Å². The van der Waals surface area contributed by atoms with Gasteiger partial charge in [-0.15, -0.1) is 0 Å². The summed E-state index contributed by atoms with van der Waals surface area (Å²) in [5.41, 5.74) is 0. The van der Waals surface area contributed by atoms with Gasteiger partial charge in [0.1, 0.15) is 36.6 Å². The quantitative estimate of drug-likeness (QED) is 0.0191. The molecule has 4 N–H and O–H groups in total. The van der Waals surface area contributed by atoms with E-state index in [4.69, 9.17) is 32.9 Å². The van der Waals surface area contributed by atoms with Gasteiger partial charge in [-0.1, -0.05) is 311 Å². The second kappa shape index (κ2) is 64.8. The predicted octanol–water partition coefficient (Wildman–Crippen LogP) is 20.7. The number of hydrogen-bond acceptors (Lipinski definition) is 15. The minimum absolute atomic E-state index is 0.0146. The Labute approximate surface area is 627 Å². The van der Waals surface area contributed by atoms with Gasteiger partial charge in [0, 0.05) is 25.8 Å². The van der Waals surface area contributed by atoms with E-state index in [1.54, 1.807) is 4.90 Å². The van der Waals surface area contributed by atoms with Crippen LogP contribution in [0.15, 0.2) is 0 Å². The number of hydrogen-bond donors (Lipinski definition) is 4. The van der Waals surface area contributed by atoms with Gasteiger partial charge < -0.3 is 53.5 Å². The van der Waals surface area contributed by atoms with Gasteiger partial charge in [-0.3, -0.25) is 33.3 Å². The fraction of sp³-hybridized carbons (Fsp3) is 0.928. The predicted molar refractivity (Wildman–Crippen MR) is 412 cm³/mol. The summed E-state index contributed by atoms with van der Waals surface area (Å²) < 4.78 is 56.2. The summed E-state index contributed by atoms with van der Waals surface area (Å²) in [6.45, 7) is 12.5. The molecule has 2 saturated heterocycles. The van der Waals surface area contributed by atoms with Gasteiger partial charge in [-0.25, -0.2) is 4.57 Å². The van der Waals surface area contributed by atoms with Crippen molar-refractivity contribution in [3.05, 3.63) is 0 Å². The molecule has 0 saturated carbocycles. The van der Waals surface area contributed by atoms with E-state index in [0.717, 1.165) is 167 Å². The number of ether oxygens (including phenoxy) is 6. The Bertz CT molecular complexity index is 2150. The normalized spacial score (nSPS) is 18.6. The molecule has 0 aliphatic carbocycles. The lowest BCUT2D eigenvalue weighted by molar-refractivity contribution is -0.273. The number of esters is 4. The molecule has 604 valence electrons. The third kappa shape index (κ3) is 51.0. The smallest absolute Gasteiger partial charge is 0.462 e. The highest BCUT2D eigenvalue weighted by Crippen LogP contribution is 2.43. The van der Waals surface area contributed by atoms with Crippen molar-refractivity contribution in [1.29, 1.82) is 0 Å². The Kier molecular flexibility index (Phi) is 60.3. The van der Waals surface area contributed by atoms with Gasteiger partial charge in [0.25, 0.3) is 0 Å². The third-order valence-electron chi connectivity index (χ3n) is 20.8. The summed E-state index contributed by atoms with van der Waals surface area (Å²) in [6.07, 6.45) is 43.7. The molecule has 0 aromatic rings. The number of nitrogens with zero attached hydrogens (tertiary/aromatic N) is 1. The monoisotopic (exact) mass is 1480 g/mol. The molecule has 9 atom stereocenters. The van der Waals surface area contributed by atoms with E-state index in [9.17, 15) is 48.2 Å². The molecule has 0 aromatic carbocycles. The van der Waals surface area contributed by atoms with Crippen LogP contribution >= 0.6 is 7.82 Å². The Hall–Kier alpha value is -3.19. The van der Waals surface area contributed by atoms with Crippen LogP contribution < -0.4 is 5.32 Å². The van der Waals surface area contributed by atoms with Gasteiger partial charge in [0.05, 0.1) is 38.5 Å². The van der Waals surface area contributed by atoms with Crippen LogP contribution in [0.4, 0.5) is 0 Å². The molecule has 2 fully saturated rings. The van der Waals surface area contributed by atoms with Crippen molar-refractivity contribution in [2.24, 2.45) is 0 Å². The van der Waals surface area contributed by atoms with Crippen molar-refractivity contribution >= 4 is 43.5 Å². The van der Waals surface area contributed by atoms with Crippen LogP contribution in [0.5, 0.6) is 0 Å². The Morgan fingerprint density at radius 2 is 0.767 bits per heavy atom. The first-order chi connectivity index (χ1) is 50.0. The maximum Gasteiger partial charge on any atom is 0.470 e. The summed E-state index contributed by atoms with van der Waals surface area (Å²) in [5.74, 6) is -2.94. The van der Waals surface area contributed by atoms with Crippen molar-refractivity contribution in [3.8, 4) is 0 Å².